The third-order valence-corrected chi connectivity index (χ3v) is 10.2. The molecule has 4 rings (SSSR count). The number of rotatable bonds is 11. The van der Waals surface area contributed by atoms with Gasteiger partial charge in [0.05, 0.1) is 10.6 Å². The number of carbonyl (C=O) groups excluding carboxylic acids is 2. The van der Waals surface area contributed by atoms with Crippen molar-refractivity contribution in [2.24, 2.45) is 0 Å². The van der Waals surface area contributed by atoms with Crippen molar-refractivity contribution in [3.63, 3.8) is 0 Å². The quantitative estimate of drug-likeness (QED) is 0.242. The first-order chi connectivity index (χ1) is 20.0. The summed E-state index contributed by atoms with van der Waals surface area (Å²) in [4.78, 5) is 29.2. The van der Waals surface area contributed by atoms with Gasteiger partial charge in [-0.25, -0.2) is 8.42 Å². The van der Waals surface area contributed by atoms with Crippen molar-refractivity contribution >= 4 is 62.3 Å². The summed E-state index contributed by atoms with van der Waals surface area (Å²) in [7, 11) is -4.20. The molecule has 2 amide bonds. The molecule has 0 heterocycles. The summed E-state index contributed by atoms with van der Waals surface area (Å²) in [5.41, 5.74) is 1.58. The van der Waals surface area contributed by atoms with Gasteiger partial charge < -0.3 is 10.2 Å². The molecule has 7 nitrogen and oxygen atoms in total. The van der Waals surface area contributed by atoms with Crippen LogP contribution in [0, 0.1) is 6.92 Å². The zero-order chi connectivity index (χ0) is 30.4. The Morgan fingerprint density at radius 2 is 1.57 bits per heavy atom. The monoisotopic (exact) mass is 649 g/mol. The van der Waals surface area contributed by atoms with Crippen molar-refractivity contribution in [1.29, 1.82) is 0 Å². The first-order valence-electron chi connectivity index (χ1n) is 13.9. The number of nitrogens with zero attached hydrogens (tertiary/aromatic N) is 2. The summed E-state index contributed by atoms with van der Waals surface area (Å²) in [5, 5.41) is 4.07. The molecule has 1 fully saturated rings. The average Bonchev–Trinajstić information content (AvgIpc) is 3.46. The molecular formula is C31H34Cl3N3O4S. The summed E-state index contributed by atoms with van der Waals surface area (Å²) in [5.74, 6) is -0.883. The lowest BCUT2D eigenvalue weighted by Gasteiger charge is -2.34. The zero-order valence-corrected chi connectivity index (χ0v) is 26.6. The van der Waals surface area contributed by atoms with Crippen LogP contribution < -0.4 is 9.62 Å². The lowest BCUT2D eigenvalue weighted by molar-refractivity contribution is -0.140. The van der Waals surface area contributed by atoms with Crippen LogP contribution in [0.25, 0.3) is 0 Å². The molecule has 11 heteroatoms. The fraction of sp³-hybridized carbons (Fsp3) is 0.355. The molecule has 1 atom stereocenters. The predicted molar refractivity (Wildman–Crippen MR) is 169 cm³/mol. The van der Waals surface area contributed by atoms with Crippen molar-refractivity contribution in [3.05, 3.63) is 92.9 Å². The molecule has 0 aliphatic heterocycles. The van der Waals surface area contributed by atoms with E-state index in [4.69, 9.17) is 34.8 Å². The van der Waals surface area contributed by atoms with Crippen LogP contribution in [0.2, 0.25) is 15.1 Å². The third kappa shape index (κ3) is 7.59. The Balaban J connectivity index is 1.75. The fourth-order valence-corrected chi connectivity index (χ4v) is 7.25. The molecule has 0 radical (unpaired) electrons. The molecule has 3 aromatic rings. The Kier molecular flexibility index (Phi) is 10.8. The molecule has 0 bridgehead atoms. The molecule has 0 saturated heterocycles. The number of nitrogens with one attached hydrogen (secondary N) is 1. The van der Waals surface area contributed by atoms with Gasteiger partial charge >= 0.3 is 0 Å². The van der Waals surface area contributed by atoms with Crippen molar-refractivity contribution < 1.29 is 18.0 Å². The molecule has 0 spiro atoms. The van der Waals surface area contributed by atoms with Crippen LogP contribution in [0.4, 0.5) is 5.69 Å². The van der Waals surface area contributed by atoms with Crippen LogP contribution >= 0.6 is 34.8 Å². The summed E-state index contributed by atoms with van der Waals surface area (Å²) in [6.07, 6.45) is 4.12. The van der Waals surface area contributed by atoms with Crippen molar-refractivity contribution in [1.82, 2.24) is 10.2 Å². The molecule has 0 unspecified atom stereocenters. The van der Waals surface area contributed by atoms with Crippen molar-refractivity contribution in [3.8, 4) is 0 Å². The molecule has 224 valence electrons. The Bertz CT molecular complexity index is 1510. The van der Waals surface area contributed by atoms with Crippen LogP contribution in [-0.4, -0.2) is 43.8 Å². The maximum atomic E-state index is 14.2. The highest BCUT2D eigenvalue weighted by Gasteiger charge is 2.35. The molecule has 1 N–H and O–H groups in total. The van der Waals surface area contributed by atoms with E-state index in [9.17, 15) is 18.0 Å². The van der Waals surface area contributed by atoms with Gasteiger partial charge in [-0.05, 0) is 68.7 Å². The van der Waals surface area contributed by atoms with E-state index in [1.807, 2.05) is 13.8 Å². The minimum absolute atomic E-state index is 0.0209. The second-order valence-corrected chi connectivity index (χ2v) is 13.6. The van der Waals surface area contributed by atoms with E-state index >= 15 is 0 Å². The van der Waals surface area contributed by atoms with Gasteiger partial charge in [-0.15, -0.1) is 0 Å². The average molecular weight is 651 g/mol. The number of hydrogen-bond acceptors (Lipinski definition) is 4. The first-order valence-corrected chi connectivity index (χ1v) is 16.5. The van der Waals surface area contributed by atoms with E-state index in [0.29, 0.717) is 27.1 Å². The second-order valence-electron chi connectivity index (χ2n) is 10.4. The molecule has 1 saturated carbocycles. The predicted octanol–water partition coefficient (Wildman–Crippen LogP) is 7.02. The molecule has 1 aliphatic rings. The number of carbonyl (C=O) groups is 2. The highest BCUT2D eigenvalue weighted by Crippen LogP contribution is 2.30. The Morgan fingerprint density at radius 3 is 2.17 bits per heavy atom. The number of anilines is 1. The maximum absolute atomic E-state index is 14.2. The number of sulfonamides is 1. The summed E-state index contributed by atoms with van der Waals surface area (Å²) in [6.45, 7) is 3.01. The Hall–Kier alpha value is -2.78. The number of amides is 2. The normalized spacial score (nSPS) is 14.4. The van der Waals surface area contributed by atoms with E-state index in [1.54, 1.807) is 48.5 Å². The van der Waals surface area contributed by atoms with Gasteiger partial charge in [-0.2, -0.15) is 0 Å². The topological polar surface area (TPSA) is 86.8 Å². The van der Waals surface area contributed by atoms with Crippen LogP contribution in [0.1, 0.15) is 50.2 Å². The standard InChI is InChI=1S/C31H34Cl3N3O4S/c1-3-29(31(39)35-23-9-4-5-10-23)36(19-26-27(33)12-7-13-28(26)34)30(38)20-37(24-11-6-8-22(32)18-24)42(40,41)25-16-14-21(2)15-17-25/h6-8,11-18,23,29H,3-5,9-10,19-20H2,1-2H3,(H,35,39)/t29-/m1/s1. The zero-order valence-electron chi connectivity index (χ0n) is 23.5. The van der Waals surface area contributed by atoms with Gasteiger partial charge in [0.2, 0.25) is 11.8 Å². The summed E-state index contributed by atoms with van der Waals surface area (Å²) >= 11 is 19.2. The highest BCUT2D eigenvalue weighted by atomic mass is 35.5. The Morgan fingerprint density at radius 1 is 0.952 bits per heavy atom. The van der Waals surface area contributed by atoms with Gasteiger partial charge in [-0.3, -0.25) is 13.9 Å². The van der Waals surface area contributed by atoms with Crippen LogP contribution in [0.15, 0.2) is 71.6 Å². The van der Waals surface area contributed by atoms with Gasteiger partial charge in [0.25, 0.3) is 10.0 Å². The largest absolute Gasteiger partial charge is 0.352 e. The van der Waals surface area contributed by atoms with Crippen molar-refractivity contribution in [2.75, 3.05) is 10.8 Å². The van der Waals surface area contributed by atoms with Gasteiger partial charge in [-0.1, -0.05) is 84.4 Å². The first kappa shape index (κ1) is 32.1. The maximum Gasteiger partial charge on any atom is 0.264 e. The number of halogens is 3. The molecule has 0 aromatic heterocycles. The number of hydrogen-bond donors (Lipinski definition) is 1. The summed E-state index contributed by atoms with van der Waals surface area (Å²) in [6, 6.07) is 16.8. The van der Waals surface area contributed by atoms with Crippen LogP contribution in [0.5, 0.6) is 0 Å². The lowest BCUT2D eigenvalue weighted by atomic mass is 10.1. The SMILES string of the molecule is CC[C@H](C(=O)NC1CCCC1)N(Cc1c(Cl)cccc1Cl)C(=O)CN(c1cccc(Cl)c1)S(=O)(=O)c1ccc(C)cc1. The van der Waals surface area contributed by atoms with E-state index in [0.717, 1.165) is 35.6 Å². The molecular weight excluding hydrogens is 617 g/mol. The van der Waals surface area contributed by atoms with Crippen LogP contribution in [0.3, 0.4) is 0 Å². The van der Waals surface area contributed by atoms with Gasteiger partial charge in [0.15, 0.2) is 0 Å². The van der Waals surface area contributed by atoms with Crippen molar-refractivity contribution in [2.45, 2.75) is 69.5 Å². The second kappa shape index (κ2) is 14.1. The minimum Gasteiger partial charge on any atom is -0.352 e. The van der Waals surface area contributed by atoms with E-state index in [2.05, 4.69) is 5.32 Å². The van der Waals surface area contributed by atoms with E-state index in [1.165, 1.54) is 23.1 Å². The molecule has 1 aliphatic carbocycles. The van der Waals surface area contributed by atoms with E-state index < -0.39 is 28.5 Å². The van der Waals surface area contributed by atoms with Gasteiger partial charge in [0, 0.05) is 33.2 Å². The Labute approximate surface area is 262 Å². The number of aryl methyl sites for hydroxylation is 1. The molecule has 3 aromatic carbocycles. The summed E-state index contributed by atoms with van der Waals surface area (Å²) < 4.78 is 29.0. The van der Waals surface area contributed by atoms with Gasteiger partial charge in [0.1, 0.15) is 12.6 Å². The third-order valence-electron chi connectivity index (χ3n) is 7.46. The smallest absolute Gasteiger partial charge is 0.264 e. The number of benzene rings is 3. The van der Waals surface area contributed by atoms with E-state index in [-0.39, 0.29) is 29.1 Å². The minimum atomic E-state index is -4.20. The fourth-order valence-electron chi connectivity index (χ4n) is 5.14. The lowest BCUT2D eigenvalue weighted by Crippen LogP contribution is -2.53. The molecule has 42 heavy (non-hydrogen) atoms. The van der Waals surface area contributed by atoms with Crippen LogP contribution in [-0.2, 0) is 26.2 Å². The highest BCUT2D eigenvalue weighted by molar-refractivity contribution is 7.92.